The molecule has 1 heterocycles. The number of hydrogen-bond acceptors (Lipinski definition) is 4. The second kappa shape index (κ2) is 4.64. The molecule has 0 amide bonds. The monoisotopic (exact) mass is 289 g/mol. The normalized spacial score (nSPS) is 18.3. The molecule has 2 N–H and O–H groups in total. The summed E-state index contributed by atoms with van der Waals surface area (Å²) in [5.74, 6) is -1.20. The van der Waals surface area contributed by atoms with Gasteiger partial charge in [0.2, 0.25) is 10.0 Å². The van der Waals surface area contributed by atoms with Crippen molar-refractivity contribution in [1.82, 2.24) is 4.72 Å². The van der Waals surface area contributed by atoms with E-state index in [1.165, 1.54) is 11.4 Å². The van der Waals surface area contributed by atoms with Crippen LogP contribution in [0.3, 0.4) is 0 Å². The third-order valence-corrected chi connectivity index (χ3v) is 6.10. The minimum atomic E-state index is -3.74. The molecular weight excluding hydrogens is 274 g/mol. The fourth-order valence-electron chi connectivity index (χ4n) is 2.14. The van der Waals surface area contributed by atoms with Crippen LogP contribution in [0.1, 0.15) is 42.3 Å². The summed E-state index contributed by atoms with van der Waals surface area (Å²) < 4.78 is 27.1. The van der Waals surface area contributed by atoms with E-state index in [0.29, 0.717) is 0 Å². The number of carboxylic acids is 1. The van der Waals surface area contributed by atoms with E-state index in [1.807, 2.05) is 6.92 Å². The Morgan fingerprint density at radius 2 is 2.22 bits per heavy atom. The lowest BCUT2D eigenvalue weighted by atomic mass is 9.76. The smallest absolute Gasteiger partial charge is 0.347 e. The SMILES string of the molecule is CCC1(NS(=O)(=O)c2ccsc2C(=O)O)CCC1. The van der Waals surface area contributed by atoms with Gasteiger partial charge in [0.1, 0.15) is 9.77 Å². The molecule has 0 unspecified atom stereocenters. The molecule has 2 rings (SSSR count). The lowest BCUT2D eigenvalue weighted by Gasteiger charge is -2.41. The van der Waals surface area contributed by atoms with Crippen molar-refractivity contribution in [1.29, 1.82) is 0 Å². The summed E-state index contributed by atoms with van der Waals surface area (Å²) in [6, 6.07) is 1.35. The molecule has 0 spiro atoms. The topological polar surface area (TPSA) is 83.5 Å². The van der Waals surface area contributed by atoms with E-state index < -0.39 is 16.0 Å². The zero-order chi connectivity index (χ0) is 13.4. The van der Waals surface area contributed by atoms with Crippen LogP contribution in [0.5, 0.6) is 0 Å². The summed E-state index contributed by atoms with van der Waals surface area (Å²) in [5, 5.41) is 10.4. The molecule has 0 aliphatic heterocycles. The molecule has 1 fully saturated rings. The summed E-state index contributed by atoms with van der Waals surface area (Å²) in [6.07, 6.45) is 3.36. The van der Waals surface area contributed by atoms with Crippen LogP contribution in [0.4, 0.5) is 0 Å². The van der Waals surface area contributed by atoms with Crippen LogP contribution < -0.4 is 4.72 Å². The van der Waals surface area contributed by atoms with Crippen LogP contribution in [0, 0.1) is 0 Å². The Labute approximate surface area is 110 Å². The first kappa shape index (κ1) is 13.5. The van der Waals surface area contributed by atoms with Crippen LogP contribution in [-0.4, -0.2) is 25.0 Å². The third-order valence-electron chi connectivity index (χ3n) is 3.45. The fraction of sp³-hybridized carbons (Fsp3) is 0.545. The van der Waals surface area contributed by atoms with Gasteiger partial charge in [0, 0.05) is 5.54 Å². The Morgan fingerprint density at radius 1 is 1.56 bits per heavy atom. The van der Waals surface area contributed by atoms with Gasteiger partial charge in [0.25, 0.3) is 0 Å². The molecule has 18 heavy (non-hydrogen) atoms. The van der Waals surface area contributed by atoms with E-state index in [-0.39, 0.29) is 15.3 Å². The van der Waals surface area contributed by atoms with E-state index in [0.717, 1.165) is 37.0 Å². The van der Waals surface area contributed by atoms with Crippen molar-refractivity contribution in [2.75, 3.05) is 0 Å². The van der Waals surface area contributed by atoms with Gasteiger partial charge in [-0.15, -0.1) is 11.3 Å². The predicted molar refractivity (Wildman–Crippen MR) is 68.5 cm³/mol. The molecule has 0 radical (unpaired) electrons. The maximum atomic E-state index is 12.2. The van der Waals surface area contributed by atoms with E-state index in [2.05, 4.69) is 4.72 Å². The molecule has 7 heteroatoms. The number of thiophene rings is 1. The number of nitrogens with one attached hydrogen (secondary N) is 1. The van der Waals surface area contributed by atoms with Gasteiger partial charge in [0.05, 0.1) is 0 Å². The van der Waals surface area contributed by atoms with Gasteiger partial charge < -0.3 is 5.11 Å². The highest BCUT2D eigenvalue weighted by molar-refractivity contribution is 7.89. The highest BCUT2D eigenvalue weighted by atomic mass is 32.2. The average Bonchev–Trinajstić information content (AvgIpc) is 2.73. The number of aromatic carboxylic acids is 1. The molecule has 5 nitrogen and oxygen atoms in total. The molecule has 1 aromatic rings. The van der Waals surface area contributed by atoms with Crippen LogP contribution in [0.25, 0.3) is 0 Å². The molecule has 100 valence electrons. The van der Waals surface area contributed by atoms with Crippen molar-refractivity contribution < 1.29 is 18.3 Å². The standard InChI is InChI=1S/C11H15NO4S2/c1-2-11(5-3-6-11)12-18(15,16)8-4-7-17-9(8)10(13)14/h4,7,12H,2-3,5-6H2,1H3,(H,13,14). The molecule has 1 aromatic heterocycles. The second-order valence-corrected chi connectivity index (χ2v) is 7.08. The zero-order valence-corrected chi connectivity index (χ0v) is 11.6. The van der Waals surface area contributed by atoms with Crippen molar-refractivity contribution in [3.05, 3.63) is 16.3 Å². The van der Waals surface area contributed by atoms with Gasteiger partial charge in [-0.3, -0.25) is 0 Å². The summed E-state index contributed by atoms with van der Waals surface area (Å²) in [5.41, 5.74) is -0.378. The fourth-order valence-corrected chi connectivity index (χ4v) is 4.93. The summed E-state index contributed by atoms with van der Waals surface area (Å²) in [7, 11) is -3.74. The van der Waals surface area contributed by atoms with Crippen LogP contribution in [0.2, 0.25) is 0 Å². The largest absolute Gasteiger partial charge is 0.477 e. The van der Waals surface area contributed by atoms with Crippen LogP contribution in [0.15, 0.2) is 16.3 Å². The minimum Gasteiger partial charge on any atom is -0.477 e. The van der Waals surface area contributed by atoms with Gasteiger partial charge >= 0.3 is 5.97 Å². The van der Waals surface area contributed by atoms with Gasteiger partial charge in [-0.25, -0.2) is 17.9 Å². The number of carboxylic acid groups (broad SMARTS) is 1. The quantitative estimate of drug-likeness (QED) is 0.869. The van der Waals surface area contributed by atoms with Crippen molar-refractivity contribution in [3.8, 4) is 0 Å². The molecule has 0 bridgehead atoms. The summed E-state index contributed by atoms with van der Waals surface area (Å²) >= 11 is 0.925. The Bertz CT molecular complexity index is 552. The first-order chi connectivity index (χ1) is 8.40. The summed E-state index contributed by atoms with van der Waals surface area (Å²) in [4.78, 5) is 10.7. The third kappa shape index (κ3) is 2.30. The second-order valence-electron chi connectivity index (χ2n) is 4.51. The number of sulfonamides is 1. The Hall–Kier alpha value is -0.920. The molecular formula is C11H15NO4S2. The maximum absolute atomic E-state index is 12.2. The molecule has 1 aliphatic carbocycles. The molecule has 0 aromatic carbocycles. The molecule has 0 saturated heterocycles. The number of carbonyl (C=O) groups is 1. The zero-order valence-electron chi connectivity index (χ0n) is 9.97. The van der Waals surface area contributed by atoms with Crippen molar-refractivity contribution in [2.24, 2.45) is 0 Å². The van der Waals surface area contributed by atoms with E-state index in [9.17, 15) is 13.2 Å². The maximum Gasteiger partial charge on any atom is 0.347 e. The Balaban J connectivity index is 2.31. The molecule has 0 atom stereocenters. The Morgan fingerprint density at radius 3 is 2.67 bits per heavy atom. The van der Waals surface area contributed by atoms with E-state index in [1.54, 1.807) is 0 Å². The van der Waals surface area contributed by atoms with E-state index in [4.69, 9.17) is 5.11 Å². The minimum absolute atomic E-state index is 0.125. The average molecular weight is 289 g/mol. The van der Waals surface area contributed by atoms with Crippen molar-refractivity contribution >= 4 is 27.3 Å². The van der Waals surface area contributed by atoms with Gasteiger partial charge in [-0.05, 0) is 37.1 Å². The predicted octanol–water partition coefficient (Wildman–Crippen LogP) is 2.06. The van der Waals surface area contributed by atoms with Crippen LogP contribution >= 0.6 is 11.3 Å². The van der Waals surface area contributed by atoms with E-state index >= 15 is 0 Å². The first-order valence-electron chi connectivity index (χ1n) is 5.75. The molecule has 1 aliphatic rings. The highest BCUT2D eigenvalue weighted by Gasteiger charge is 2.40. The lowest BCUT2D eigenvalue weighted by molar-refractivity contribution is 0.0698. The first-order valence-corrected chi connectivity index (χ1v) is 8.11. The van der Waals surface area contributed by atoms with Crippen molar-refractivity contribution in [2.45, 2.75) is 43.0 Å². The highest BCUT2D eigenvalue weighted by Crippen LogP contribution is 2.36. The van der Waals surface area contributed by atoms with Gasteiger partial charge in [-0.2, -0.15) is 0 Å². The lowest BCUT2D eigenvalue weighted by Crippen LogP contribution is -2.52. The summed E-state index contributed by atoms with van der Waals surface area (Å²) in [6.45, 7) is 1.94. The Kier molecular flexibility index (Phi) is 3.48. The van der Waals surface area contributed by atoms with Gasteiger partial charge in [0.15, 0.2) is 0 Å². The van der Waals surface area contributed by atoms with Gasteiger partial charge in [-0.1, -0.05) is 6.92 Å². The van der Waals surface area contributed by atoms with Crippen molar-refractivity contribution in [3.63, 3.8) is 0 Å². The molecule has 1 saturated carbocycles. The number of rotatable bonds is 5. The van der Waals surface area contributed by atoms with Crippen LogP contribution in [-0.2, 0) is 10.0 Å². The number of hydrogen-bond donors (Lipinski definition) is 2.